The number of nitrogens with zero attached hydrogens (tertiary/aromatic N) is 2. The lowest BCUT2D eigenvalue weighted by molar-refractivity contribution is 0.628. The van der Waals surface area contributed by atoms with Gasteiger partial charge in [0.15, 0.2) is 0 Å². The number of pyridine rings is 1. The van der Waals surface area contributed by atoms with Gasteiger partial charge in [0, 0.05) is 25.0 Å². The van der Waals surface area contributed by atoms with Gasteiger partial charge in [-0.15, -0.1) is 0 Å². The first-order valence-electron chi connectivity index (χ1n) is 5.79. The molecule has 0 spiro atoms. The molecule has 94 valence electrons. The molecule has 0 bridgehead atoms. The molecular weight excluding hydrogens is 229 g/mol. The Bertz CT molecular complexity index is 540. The number of aromatic nitrogens is 1. The van der Waals surface area contributed by atoms with Crippen LogP contribution >= 0.6 is 0 Å². The van der Waals surface area contributed by atoms with Crippen LogP contribution in [0.3, 0.4) is 0 Å². The van der Waals surface area contributed by atoms with Gasteiger partial charge in [-0.2, -0.15) is 0 Å². The van der Waals surface area contributed by atoms with E-state index < -0.39 is 0 Å². The number of hydrogen-bond acceptors (Lipinski definition) is 3. The first-order chi connectivity index (χ1) is 8.58. The molecule has 2 N–H and O–H groups in total. The van der Waals surface area contributed by atoms with Gasteiger partial charge in [-0.3, -0.25) is 0 Å². The fraction of sp³-hybridized carbons (Fsp3) is 0.214. The normalized spacial score (nSPS) is 12.2. The van der Waals surface area contributed by atoms with E-state index in [4.69, 9.17) is 5.73 Å². The topological polar surface area (TPSA) is 42.1 Å². The Morgan fingerprint density at radius 1 is 1.28 bits per heavy atom. The molecule has 1 aromatic carbocycles. The second-order valence-electron chi connectivity index (χ2n) is 4.27. The van der Waals surface area contributed by atoms with Gasteiger partial charge in [-0.05, 0) is 42.8 Å². The maximum absolute atomic E-state index is 13.2. The van der Waals surface area contributed by atoms with Crippen LogP contribution in [-0.2, 0) is 0 Å². The minimum atomic E-state index is -0.261. The summed E-state index contributed by atoms with van der Waals surface area (Å²) in [6.07, 6.45) is 1.71. The molecule has 0 aliphatic heterocycles. The maximum Gasteiger partial charge on any atom is 0.132 e. The van der Waals surface area contributed by atoms with Crippen molar-refractivity contribution in [3.63, 3.8) is 0 Å². The van der Waals surface area contributed by atoms with Crippen LogP contribution in [0, 0.1) is 5.82 Å². The summed E-state index contributed by atoms with van der Waals surface area (Å²) in [5, 5.41) is 0. The molecule has 0 radical (unpaired) electrons. The van der Waals surface area contributed by atoms with Crippen molar-refractivity contribution in [2.45, 2.75) is 13.0 Å². The van der Waals surface area contributed by atoms with E-state index in [0.717, 1.165) is 17.1 Å². The number of rotatable bonds is 3. The minimum Gasteiger partial charge on any atom is -0.329 e. The van der Waals surface area contributed by atoms with E-state index >= 15 is 0 Å². The van der Waals surface area contributed by atoms with E-state index in [1.807, 2.05) is 37.1 Å². The molecule has 1 atom stereocenters. The summed E-state index contributed by atoms with van der Waals surface area (Å²) in [6, 6.07) is 10.2. The lowest BCUT2D eigenvalue weighted by Crippen LogP contribution is -2.13. The molecule has 18 heavy (non-hydrogen) atoms. The molecule has 0 aliphatic carbocycles. The fourth-order valence-corrected chi connectivity index (χ4v) is 1.72. The van der Waals surface area contributed by atoms with Crippen LogP contribution in [0.25, 0.3) is 0 Å². The lowest BCUT2D eigenvalue weighted by atomic mass is 10.1. The predicted octanol–water partition coefficient (Wildman–Crippen LogP) is 3.01. The van der Waals surface area contributed by atoms with E-state index in [1.54, 1.807) is 12.3 Å². The Kier molecular flexibility index (Phi) is 3.58. The minimum absolute atomic E-state index is 0.0485. The summed E-state index contributed by atoms with van der Waals surface area (Å²) < 4.78 is 13.2. The van der Waals surface area contributed by atoms with Crippen molar-refractivity contribution in [2.24, 2.45) is 5.73 Å². The molecule has 4 heteroatoms. The Balaban J connectivity index is 2.33. The molecule has 1 aromatic heterocycles. The average Bonchev–Trinajstić information content (AvgIpc) is 2.38. The third kappa shape index (κ3) is 2.65. The van der Waals surface area contributed by atoms with E-state index in [2.05, 4.69) is 4.98 Å². The van der Waals surface area contributed by atoms with Crippen LogP contribution in [0.1, 0.15) is 18.5 Å². The standard InChI is InChI=1S/C14H16FN3/c1-10(16)11-6-7-17-14(8-11)18(2)13-5-3-4-12(15)9-13/h3-10H,16H2,1-2H3. The van der Waals surface area contributed by atoms with Gasteiger partial charge in [0.2, 0.25) is 0 Å². The highest BCUT2D eigenvalue weighted by Crippen LogP contribution is 2.23. The third-order valence-corrected chi connectivity index (χ3v) is 2.83. The summed E-state index contributed by atoms with van der Waals surface area (Å²) in [5.41, 5.74) is 7.60. The summed E-state index contributed by atoms with van der Waals surface area (Å²) in [6.45, 7) is 1.92. The quantitative estimate of drug-likeness (QED) is 0.903. The Labute approximate surface area is 106 Å². The van der Waals surface area contributed by atoms with Crippen molar-refractivity contribution in [3.8, 4) is 0 Å². The molecule has 0 saturated carbocycles. The highest BCUT2D eigenvalue weighted by Gasteiger charge is 2.08. The van der Waals surface area contributed by atoms with Crippen LogP contribution in [-0.4, -0.2) is 12.0 Å². The van der Waals surface area contributed by atoms with E-state index in [0.29, 0.717) is 0 Å². The first-order valence-corrected chi connectivity index (χ1v) is 5.79. The van der Waals surface area contributed by atoms with Crippen LogP contribution in [0.5, 0.6) is 0 Å². The van der Waals surface area contributed by atoms with Gasteiger partial charge in [0.05, 0.1) is 0 Å². The monoisotopic (exact) mass is 245 g/mol. The Morgan fingerprint density at radius 3 is 2.72 bits per heavy atom. The van der Waals surface area contributed by atoms with Crippen LogP contribution in [0.2, 0.25) is 0 Å². The zero-order valence-electron chi connectivity index (χ0n) is 10.5. The van der Waals surface area contributed by atoms with Gasteiger partial charge in [-0.25, -0.2) is 9.37 Å². The van der Waals surface area contributed by atoms with Crippen LogP contribution in [0.4, 0.5) is 15.9 Å². The van der Waals surface area contributed by atoms with E-state index in [9.17, 15) is 4.39 Å². The molecule has 3 nitrogen and oxygen atoms in total. The lowest BCUT2D eigenvalue weighted by Gasteiger charge is -2.19. The van der Waals surface area contributed by atoms with Gasteiger partial charge >= 0.3 is 0 Å². The van der Waals surface area contributed by atoms with E-state index in [-0.39, 0.29) is 11.9 Å². The third-order valence-electron chi connectivity index (χ3n) is 2.83. The average molecular weight is 245 g/mol. The molecule has 1 heterocycles. The Morgan fingerprint density at radius 2 is 2.06 bits per heavy atom. The zero-order valence-corrected chi connectivity index (χ0v) is 10.5. The predicted molar refractivity (Wildman–Crippen MR) is 71.3 cm³/mol. The van der Waals surface area contributed by atoms with Crippen LogP contribution in [0.15, 0.2) is 42.6 Å². The second-order valence-corrected chi connectivity index (χ2v) is 4.27. The molecule has 2 aromatic rings. The molecule has 0 fully saturated rings. The summed E-state index contributed by atoms with van der Waals surface area (Å²) in [7, 11) is 1.85. The number of hydrogen-bond donors (Lipinski definition) is 1. The van der Waals surface area contributed by atoms with Gasteiger partial charge in [-0.1, -0.05) is 6.07 Å². The molecule has 0 aliphatic rings. The highest BCUT2D eigenvalue weighted by molar-refractivity contribution is 5.59. The van der Waals surface area contributed by atoms with Crippen molar-refractivity contribution in [2.75, 3.05) is 11.9 Å². The second kappa shape index (κ2) is 5.14. The van der Waals surface area contributed by atoms with Crippen molar-refractivity contribution >= 4 is 11.5 Å². The Hall–Kier alpha value is -1.94. The summed E-state index contributed by atoms with van der Waals surface area (Å²) in [4.78, 5) is 6.10. The van der Waals surface area contributed by atoms with Crippen molar-refractivity contribution in [1.82, 2.24) is 4.98 Å². The SMILES string of the molecule is CC(N)c1ccnc(N(C)c2cccc(F)c2)c1. The van der Waals surface area contributed by atoms with Crippen molar-refractivity contribution < 1.29 is 4.39 Å². The highest BCUT2D eigenvalue weighted by atomic mass is 19.1. The van der Waals surface area contributed by atoms with Gasteiger partial charge < -0.3 is 10.6 Å². The summed E-state index contributed by atoms with van der Waals surface area (Å²) in [5.74, 6) is 0.484. The first kappa shape index (κ1) is 12.5. The molecule has 1 unspecified atom stereocenters. The van der Waals surface area contributed by atoms with E-state index in [1.165, 1.54) is 12.1 Å². The molecule has 0 amide bonds. The van der Waals surface area contributed by atoms with Gasteiger partial charge in [0.25, 0.3) is 0 Å². The van der Waals surface area contributed by atoms with Crippen LogP contribution < -0.4 is 10.6 Å². The zero-order chi connectivity index (χ0) is 13.1. The molecule has 2 rings (SSSR count). The number of nitrogens with two attached hydrogens (primary N) is 1. The molecule has 0 saturated heterocycles. The van der Waals surface area contributed by atoms with Gasteiger partial charge in [0.1, 0.15) is 11.6 Å². The number of anilines is 2. The largest absolute Gasteiger partial charge is 0.329 e. The molecular formula is C14H16FN3. The van der Waals surface area contributed by atoms with Crippen molar-refractivity contribution in [3.05, 3.63) is 54.0 Å². The number of halogens is 1. The smallest absolute Gasteiger partial charge is 0.132 e. The number of benzene rings is 1. The maximum atomic E-state index is 13.2. The summed E-state index contributed by atoms with van der Waals surface area (Å²) >= 11 is 0. The van der Waals surface area contributed by atoms with Crippen molar-refractivity contribution in [1.29, 1.82) is 0 Å². The fourth-order valence-electron chi connectivity index (χ4n) is 1.72.